The number of benzene rings is 2. The normalized spacial score (nSPS) is 20.1. The van der Waals surface area contributed by atoms with Gasteiger partial charge in [-0.05, 0) is 68.8 Å². The summed E-state index contributed by atoms with van der Waals surface area (Å²) in [6.07, 6.45) is 3.54. The van der Waals surface area contributed by atoms with Gasteiger partial charge in [-0.2, -0.15) is 0 Å². The van der Waals surface area contributed by atoms with E-state index >= 15 is 0 Å². The van der Waals surface area contributed by atoms with Gasteiger partial charge in [0.05, 0.1) is 11.6 Å². The molecule has 2 aromatic rings. The number of anilines is 1. The number of rotatable bonds is 7. The lowest BCUT2D eigenvalue weighted by molar-refractivity contribution is 0.135. The number of halogens is 1. The van der Waals surface area contributed by atoms with Crippen LogP contribution < -0.4 is 15.4 Å². The molecular weight excluding hydrogens is 402 g/mol. The largest absolute Gasteiger partial charge is 0.456 e. The zero-order valence-electron chi connectivity index (χ0n) is 17.0. The fourth-order valence-corrected chi connectivity index (χ4v) is 4.33. The standard InChI is InChI=1S/C23H28ClN3O3/c24-20-5-1-2-6-22(20)30-19-9-7-18(8-10-19)26-23(28)25-15-21(17-11-14-29-16-17)27-12-3-4-13-27/h1-2,5-10,17,21H,3-4,11-16H2,(H2,25,26,28). The Kier molecular flexibility index (Phi) is 7.10. The van der Waals surface area contributed by atoms with Gasteiger partial charge in [-0.15, -0.1) is 0 Å². The molecule has 2 aromatic carbocycles. The van der Waals surface area contributed by atoms with Crippen molar-refractivity contribution in [3.8, 4) is 11.5 Å². The maximum Gasteiger partial charge on any atom is 0.319 e. The molecule has 2 aliphatic heterocycles. The number of amides is 2. The molecule has 0 spiro atoms. The second-order valence-corrected chi connectivity index (χ2v) is 8.23. The van der Waals surface area contributed by atoms with E-state index in [0.29, 0.717) is 40.7 Å². The van der Waals surface area contributed by atoms with Crippen molar-refractivity contribution in [2.75, 3.05) is 38.2 Å². The molecule has 2 heterocycles. The Morgan fingerprint density at radius 3 is 2.63 bits per heavy atom. The van der Waals surface area contributed by atoms with E-state index in [-0.39, 0.29) is 6.03 Å². The highest BCUT2D eigenvalue weighted by Gasteiger charge is 2.32. The summed E-state index contributed by atoms with van der Waals surface area (Å²) in [5.74, 6) is 1.75. The third kappa shape index (κ3) is 5.45. The molecule has 0 aromatic heterocycles. The summed E-state index contributed by atoms with van der Waals surface area (Å²) in [6.45, 7) is 4.46. The Morgan fingerprint density at radius 1 is 1.17 bits per heavy atom. The molecule has 2 fully saturated rings. The van der Waals surface area contributed by atoms with E-state index in [1.807, 2.05) is 42.5 Å². The number of carbonyl (C=O) groups excluding carboxylic acids is 1. The monoisotopic (exact) mass is 429 g/mol. The molecule has 4 rings (SSSR count). The number of para-hydroxylation sites is 1. The lowest BCUT2D eigenvalue weighted by atomic mass is 9.97. The molecule has 6 nitrogen and oxygen atoms in total. The fraction of sp³-hybridized carbons (Fsp3) is 0.435. The lowest BCUT2D eigenvalue weighted by Gasteiger charge is -2.31. The van der Waals surface area contributed by atoms with E-state index in [0.717, 1.165) is 32.7 Å². The molecule has 2 aliphatic rings. The van der Waals surface area contributed by atoms with Crippen LogP contribution in [0.15, 0.2) is 48.5 Å². The predicted molar refractivity (Wildman–Crippen MR) is 119 cm³/mol. The Balaban J connectivity index is 1.29. The van der Waals surface area contributed by atoms with Crippen molar-refractivity contribution in [1.29, 1.82) is 0 Å². The molecule has 2 N–H and O–H groups in total. The number of nitrogens with zero attached hydrogens (tertiary/aromatic N) is 1. The molecule has 2 atom stereocenters. The molecule has 2 saturated heterocycles. The first kappa shape index (κ1) is 21.0. The van der Waals surface area contributed by atoms with Crippen LogP contribution in [0.3, 0.4) is 0 Å². The van der Waals surface area contributed by atoms with Gasteiger partial charge in [-0.25, -0.2) is 4.79 Å². The van der Waals surface area contributed by atoms with Crippen LogP contribution in [0, 0.1) is 5.92 Å². The van der Waals surface area contributed by atoms with Crippen molar-refractivity contribution in [2.24, 2.45) is 5.92 Å². The van der Waals surface area contributed by atoms with Crippen LogP contribution in [0.4, 0.5) is 10.5 Å². The average Bonchev–Trinajstić information content (AvgIpc) is 3.46. The third-order valence-corrected chi connectivity index (χ3v) is 6.08. The van der Waals surface area contributed by atoms with Crippen LogP contribution in [-0.4, -0.2) is 49.8 Å². The average molecular weight is 430 g/mol. The van der Waals surface area contributed by atoms with Crippen LogP contribution >= 0.6 is 11.6 Å². The molecule has 0 saturated carbocycles. The van der Waals surface area contributed by atoms with Gasteiger partial charge in [-0.3, -0.25) is 4.90 Å². The molecule has 0 aliphatic carbocycles. The summed E-state index contributed by atoms with van der Waals surface area (Å²) < 4.78 is 11.4. The van der Waals surface area contributed by atoms with Gasteiger partial charge in [0.15, 0.2) is 0 Å². The summed E-state index contributed by atoms with van der Waals surface area (Å²) in [5.41, 5.74) is 0.709. The number of nitrogens with one attached hydrogen (secondary N) is 2. The van der Waals surface area contributed by atoms with Gasteiger partial charge < -0.3 is 20.1 Å². The number of likely N-dealkylation sites (tertiary alicyclic amines) is 1. The summed E-state index contributed by atoms with van der Waals surface area (Å²) in [4.78, 5) is 14.9. The van der Waals surface area contributed by atoms with Gasteiger partial charge in [0.25, 0.3) is 0 Å². The molecule has 0 radical (unpaired) electrons. The summed E-state index contributed by atoms with van der Waals surface area (Å²) >= 11 is 6.13. The van der Waals surface area contributed by atoms with Crippen LogP contribution in [-0.2, 0) is 4.74 Å². The number of ether oxygens (including phenoxy) is 2. The van der Waals surface area contributed by atoms with E-state index < -0.39 is 0 Å². The third-order valence-electron chi connectivity index (χ3n) is 5.77. The topological polar surface area (TPSA) is 62.8 Å². The molecule has 2 unspecified atom stereocenters. The van der Waals surface area contributed by atoms with Crippen LogP contribution in [0.2, 0.25) is 5.02 Å². The molecule has 30 heavy (non-hydrogen) atoms. The minimum Gasteiger partial charge on any atom is -0.456 e. The highest BCUT2D eigenvalue weighted by molar-refractivity contribution is 6.32. The minimum atomic E-state index is -0.196. The predicted octanol–water partition coefficient (Wildman–Crippen LogP) is 4.75. The van der Waals surface area contributed by atoms with Crippen LogP contribution in [0.25, 0.3) is 0 Å². The second-order valence-electron chi connectivity index (χ2n) is 7.83. The maximum atomic E-state index is 12.4. The van der Waals surface area contributed by atoms with E-state index in [4.69, 9.17) is 21.1 Å². The minimum absolute atomic E-state index is 0.196. The van der Waals surface area contributed by atoms with E-state index in [1.54, 1.807) is 6.07 Å². The highest BCUT2D eigenvalue weighted by atomic mass is 35.5. The van der Waals surface area contributed by atoms with Crippen LogP contribution in [0.1, 0.15) is 19.3 Å². The van der Waals surface area contributed by atoms with E-state index in [1.165, 1.54) is 12.8 Å². The Morgan fingerprint density at radius 2 is 1.93 bits per heavy atom. The number of hydrogen-bond donors (Lipinski definition) is 2. The zero-order chi connectivity index (χ0) is 20.8. The molecule has 0 bridgehead atoms. The Bertz CT molecular complexity index is 818. The maximum absolute atomic E-state index is 12.4. The molecule has 2 amide bonds. The summed E-state index contributed by atoms with van der Waals surface area (Å²) in [6, 6.07) is 14.7. The van der Waals surface area contributed by atoms with Crippen molar-refractivity contribution in [3.63, 3.8) is 0 Å². The highest BCUT2D eigenvalue weighted by Crippen LogP contribution is 2.29. The van der Waals surface area contributed by atoms with E-state index in [2.05, 4.69) is 15.5 Å². The van der Waals surface area contributed by atoms with Gasteiger partial charge in [-0.1, -0.05) is 23.7 Å². The fourth-order valence-electron chi connectivity index (χ4n) is 4.16. The quantitative estimate of drug-likeness (QED) is 0.666. The molecular formula is C23H28ClN3O3. The van der Waals surface area contributed by atoms with Crippen molar-refractivity contribution < 1.29 is 14.3 Å². The van der Waals surface area contributed by atoms with Gasteiger partial charge in [0, 0.05) is 30.8 Å². The number of carbonyl (C=O) groups is 1. The number of urea groups is 1. The van der Waals surface area contributed by atoms with Gasteiger partial charge in [0.2, 0.25) is 0 Å². The Labute approximate surface area is 182 Å². The van der Waals surface area contributed by atoms with Crippen molar-refractivity contribution in [3.05, 3.63) is 53.6 Å². The second kappa shape index (κ2) is 10.2. The first-order chi connectivity index (χ1) is 14.7. The zero-order valence-corrected chi connectivity index (χ0v) is 17.7. The summed E-state index contributed by atoms with van der Waals surface area (Å²) in [5, 5.41) is 6.51. The number of hydrogen-bond acceptors (Lipinski definition) is 4. The van der Waals surface area contributed by atoms with Crippen molar-refractivity contribution in [2.45, 2.75) is 25.3 Å². The first-order valence-electron chi connectivity index (χ1n) is 10.6. The van der Waals surface area contributed by atoms with Gasteiger partial charge in [0.1, 0.15) is 11.5 Å². The SMILES string of the molecule is O=C(NCC(C1CCOC1)N1CCCC1)Nc1ccc(Oc2ccccc2Cl)cc1. The van der Waals surface area contributed by atoms with Crippen molar-refractivity contribution in [1.82, 2.24) is 10.2 Å². The lowest BCUT2D eigenvalue weighted by Crippen LogP contribution is -2.48. The van der Waals surface area contributed by atoms with E-state index in [9.17, 15) is 4.79 Å². The van der Waals surface area contributed by atoms with Crippen LogP contribution in [0.5, 0.6) is 11.5 Å². The van der Waals surface area contributed by atoms with Gasteiger partial charge >= 0.3 is 6.03 Å². The molecule has 160 valence electrons. The molecule has 7 heteroatoms. The smallest absolute Gasteiger partial charge is 0.319 e. The first-order valence-corrected chi connectivity index (χ1v) is 11.0. The van der Waals surface area contributed by atoms with Crippen molar-refractivity contribution >= 4 is 23.3 Å². The summed E-state index contributed by atoms with van der Waals surface area (Å²) in [7, 11) is 0. The Hall–Kier alpha value is -2.28.